The second kappa shape index (κ2) is 4.76. The van der Waals surface area contributed by atoms with E-state index >= 15 is 0 Å². The fourth-order valence-electron chi connectivity index (χ4n) is 1.17. The normalized spacial score (nSPS) is 13.3. The molecule has 14 heavy (non-hydrogen) atoms. The number of hydrogen-bond acceptors (Lipinski definition) is 1. The summed E-state index contributed by atoms with van der Waals surface area (Å²) in [6, 6.07) is 4.90. The molecule has 0 radical (unpaired) electrons. The van der Waals surface area contributed by atoms with Crippen molar-refractivity contribution >= 4 is 11.6 Å². The van der Waals surface area contributed by atoms with Crippen LogP contribution in [0.4, 0.5) is 4.39 Å². The molecule has 1 atom stereocenters. The van der Waals surface area contributed by atoms with Crippen LogP contribution in [0.2, 0.25) is 5.02 Å². The summed E-state index contributed by atoms with van der Waals surface area (Å²) in [5.74, 6) is 0.0221. The number of benzene rings is 1. The Morgan fingerprint density at radius 2 is 2.07 bits per heavy atom. The van der Waals surface area contributed by atoms with Crippen molar-refractivity contribution in [2.75, 3.05) is 0 Å². The van der Waals surface area contributed by atoms with E-state index in [1.165, 1.54) is 6.07 Å². The molecule has 78 valence electrons. The maximum atomic E-state index is 13.1. The summed E-state index contributed by atoms with van der Waals surface area (Å²) in [5.41, 5.74) is 6.78. The molecule has 0 amide bonds. The molecule has 0 heterocycles. The van der Waals surface area contributed by atoms with Gasteiger partial charge in [0.2, 0.25) is 0 Å². The van der Waals surface area contributed by atoms with E-state index in [0.29, 0.717) is 12.3 Å². The molecule has 1 nitrogen and oxygen atoms in total. The summed E-state index contributed by atoms with van der Waals surface area (Å²) in [7, 11) is 0. The van der Waals surface area contributed by atoms with Gasteiger partial charge < -0.3 is 5.73 Å². The first kappa shape index (κ1) is 11.5. The molecule has 2 N–H and O–H groups in total. The monoisotopic (exact) mass is 215 g/mol. The highest BCUT2D eigenvalue weighted by atomic mass is 35.5. The first-order valence-electron chi connectivity index (χ1n) is 4.70. The van der Waals surface area contributed by atoms with E-state index in [4.69, 9.17) is 17.3 Å². The molecule has 0 bridgehead atoms. The van der Waals surface area contributed by atoms with Gasteiger partial charge in [0.15, 0.2) is 0 Å². The molecule has 0 fully saturated rings. The van der Waals surface area contributed by atoms with Crippen LogP contribution in [-0.4, -0.2) is 6.04 Å². The average molecular weight is 216 g/mol. The summed E-state index contributed by atoms with van der Waals surface area (Å²) in [6.45, 7) is 4.11. The van der Waals surface area contributed by atoms with E-state index < -0.39 is 0 Å². The molecule has 3 heteroatoms. The van der Waals surface area contributed by atoms with Crippen LogP contribution in [0.15, 0.2) is 18.2 Å². The number of rotatable bonds is 3. The predicted octanol–water partition coefficient (Wildman–Crippen LogP) is 3.00. The van der Waals surface area contributed by atoms with E-state index in [-0.39, 0.29) is 16.9 Å². The molecule has 0 aliphatic carbocycles. The number of nitrogens with two attached hydrogens (primary N) is 1. The van der Waals surface area contributed by atoms with Crippen LogP contribution in [0.5, 0.6) is 0 Å². The summed E-state index contributed by atoms with van der Waals surface area (Å²) < 4.78 is 13.1. The second-order valence-electron chi connectivity index (χ2n) is 3.86. The van der Waals surface area contributed by atoms with E-state index in [2.05, 4.69) is 13.8 Å². The van der Waals surface area contributed by atoms with Crippen molar-refractivity contribution in [3.05, 3.63) is 34.6 Å². The summed E-state index contributed by atoms with van der Waals surface area (Å²) in [6.07, 6.45) is 0.686. The van der Waals surface area contributed by atoms with Crippen molar-refractivity contribution in [3.63, 3.8) is 0 Å². The minimum Gasteiger partial charge on any atom is -0.327 e. The van der Waals surface area contributed by atoms with Gasteiger partial charge in [-0.25, -0.2) is 4.39 Å². The van der Waals surface area contributed by atoms with Gasteiger partial charge in [-0.2, -0.15) is 0 Å². The SMILES string of the molecule is CC(C)C(N)Cc1ccc(Cl)c(F)c1. The molecule has 1 aromatic carbocycles. The zero-order valence-corrected chi connectivity index (χ0v) is 9.18. The highest BCUT2D eigenvalue weighted by molar-refractivity contribution is 6.30. The van der Waals surface area contributed by atoms with E-state index in [1.54, 1.807) is 6.07 Å². The van der Waals surface area contributed by atoms with E-state index in [1.807, 2.05) is 6.07 Å². The molecule has 0 saturated carbocycles. The quantitative estimate of drug-likeness (QED) is 0.824. The maximum absolute atomic E-state index is 13.1. The van der Waals surface area contributed by atoms with Crippen molar-refractivity contribution in [1.82, 2.24) is 0 Å². The van der Waals surface area contributed by atoms with Gasteiger partial charge >= 0.3 is 0 Å². The summed E-state index contributed by atoms with van der Waals surface area (Å²) in [5, 5.41) is 0.159. The van der Waals surface area contributed by atoms with Gasteiger partial charge in [0, 0.05) is 6.04 Å². The highest BCUT2D eigenvalue weighted by Crippen LogP contribution is 2.17. The van der Waals surface area contributed by atoms with Crippen molar-refractivity contribution < 1.29 is 4.39 Å². The Labute approximate surface area is 89.1 Å². The Balaban J connectivity index is 2.73. The molecule has 0 aliphatic heterocycles. The molecule has 0 aliphatic rings. The lowest BCUT2D eigenvalue weighted by Gasteiger charge is -2.15. The van der Waals surface area contributed by atoms with Crippen molar-refractivity contribution in [2.45, 2.75) is 26.3 Å². The maximum Gasteiger partial charge on any atom is 0.142 e. The highest BCUT2D eigenvalue weighted by Gasteiger charge is 2.09. The Kier molecular flexibility index (Phi) is 3.90. The topological polar surface area (TPSA) is 26.0 Å². The second-order valence-corrected chi connectivity index (χ2v) is 4.27. The first-order valence-corrected chi connectivity index (χ1v) is 5.08. The van der Waals surface area contributed by atoms with Crippen molar-refractivity contribution in [2.24, 2.45) is 11.7 Å². The first-order chi connectivity index (χ1) is 6.50. The van der Waals surface area contributed by atoms with Crippen LogP contribution in [0.1, 0.15) is 19.4 Å². The molecule has 1 aromatic rings. The molecule has 0 spiro atoms. The third-order valence-corrected chi connectivity index (χ3v) is 2.62. The van der Waals surface area contributed by atoms with Crippen LogP contribution < -0.4 is 5.73 Å². The zero-order valence-electron chi connectivity index (χ0n) is 8.43. The fraction of sp³-hybridized carbons (Fsp3) is 0.455. The largest absolute Gasteiger partial charge is 0.327 e. The molecule has 0 aromatic heterocycles. The zero-order chi connectivity index (χ0) is 10.7. The van der Waals surface area contributed by atoms with Crippen LogP contribution in [0.3, 0.4) is 0 Å². The van der Waals surface area contributed by atoms with Gasteiger partial charge in [0.1, 0.15) is 5.82 Å². The van der Waals surface area contributed by atoms with Gasteiger partial charge in [0.05, 0.1) is 5.02 Å². The fourth-order valence-corrected chi connectivity index (χ4v) is 1.29. The number of hydrogen-bond donors (Lipinski definition) is 1. The predicted molar refractivity (Wildman–Crippen MR) is 57.9 cm³/mol. The third kappa shape index (κ3) is 2.96. The number of halogens is 2. The smallest absolute Gasteiger partial charge is 0.142 e. The molecule has 1 unspecified atom stereocenters. The standard InChI is InChI=1S/C11H15ClFN/c1-7(2)11(14)6-8-3-4-9(12)10(13)5-8/h3-5,7,11H,6,14H2,1-2H3. The van der Waals surface area contributed by atoms with Gasteiger partial charge in [-0.1, -0.05) is 31.5 Å². The van der Waals surface area contributed by atoms with E-state index in [9.17, 15) is 4.39 Å². The van der Waals surface area contributed by atoms with E-state index in [0.717, 1.165) is 5.56 Å². The van der Waals surface area contributed by atoms with Crippen LogP contribution in [0.25, 0.3) is 0 Å². The van der Waals surface area contributed by atoms with Crippen molar-refractivity contribution in [1.29, 1.82) is 0 Å². The molecule has 1 rings (SSSR count). The average Bonchev–Trinajstić information content (AvgIpc) is 2.11. The van der Waals surface area contributed by atoms with Gasteiger partial charge in [-0.05, 0) is 30.0 Å². The van der Waals surface area contributed by atoms with Gasteiger partial charge in [-0.3, -0.25) is 0 Å². The molecule has 0 saturated heterocycles. The molecular weight excluding hydrogens is 201 g/mol. The Morgan fingerprint density at radius 1 is 1.43 bits per heavy atom. The van der Waals surface area contributed by atoms with Crippen molar-refractivity contribution in [3.8, 4) is 0 Å². The Morgan fingerprint density at radius 3 is 2.57 bits per heavy atom. The lowest BCUT2D eigenvalue weighted by atomic mass is 9.97. The van der Waals surface area contributed by atoms with Crippen LogP contribution in [0, 0.1) is 11.7 Å². The summed E-state index contributed by atoms with van der Waals surface area (Å²) in [4.78, 5) is 0. The minimum atomic E-state index is -0.375. The Bertz CT molecular complexity index is 312. The Hall–Kier alpha value is -0.600. The lowest BCUT2D eigenvalue weighted by Crippen LogP contribution is -2.28. The molecular formula is C11H15ClFN. The lowest BCUT2D eigenvalue weighted by molar-refractivity contribution is 0.489. The summed E-state index contributed by atoms with van der Waals surface area (Å²) >= 11 is 5.57. The van der Waals surface area contributed by atoms with Crippen LogP contribution >= 0.6 is 11.6 Å². The van der Waals surface area contributed by atoms with Gasteiger partial charge in [-0.15, -0.1) is 0 Å². The minimum absolute atomic E-state index is 0.0653. The third-order valence-electron chi connectivity index (χ3n) is 2.31. The van der Waals surface area contributed by atoms with Gasteiger partial charge in [0.25, 0.3) is 0 Å². The van der Waals surface area contributed by atoms with Crippen LogP contribution in [-0.2, 0) is 6.42 Å².